The van der Waals surface area contributed by atoms with Crippen LogP contribution in [-0.4, -0.2) is 41.3 Å². The summed E-state index contributed by atoms with van der Waals surface area (Å²) in [5, 5.41) is 13.0. The van der Waals surface area contributed by atoms with E-state index in [1.165, 1.54) is 5.56 Å². The van der Waals surface area contributed by atoms with Crippen LogP contribution in [0.2, 0.25) is 0 Å². The Hall–Kier alpha value is -1.75. The summed E-state index contributed by atoms with van der Waals surface area (Å²) in [6.07, 6.45) is 1.77. The molecule has 0 aliphatic carbocycles. The number of likely N-dealkylation sites (tertiary alicyclic amines) is 1. The minimum atomic E-state index is -0.445. The van der Waals surface area contributed by atoms with Gasteiger partial charge in [0.1, 0.15) is 11.4 Å². The number of phenols is 1. The van der Waals surface area contributed by atoms with Crippen LogP contribution in [0, 0.1) is 5.92 Å². The average molecular weight is 334 g/mol. The molecule has 1 amide bonds. The molecule has 1 aromatic carbocycles. The lowest BCUT2D eigenvalue weighted by molar-refractivity contribution is 0.0288. The maximum absolute atomic E-state index is 12.1. The van der Waals surface area contributed by atoms with Crippen LogP contribution in [0.1, 0.15) is 52.1 Å². The molecule has 1 aliphatic rings. The minimum absolute atomic E-state index is 0.212. The first kappa shape index (κ1) is 18.6. The fourth-order valence-corrected chi connectivity index (χ4v) is 3.01. The molecule has 1 fully saturated rings. The Morgan fingerprint density at radius 1 is 1.38 bits per heavy atom. The Morgan fingerprint density at radius 2 is 2.04 bits per heavy atom. The highest BCUT2D eigenvalue weighted by molar-refractivity contribution is 5.68. The van der Waals surface area contributed by atoms with Crippen LogP contribution in [-0.2, 0) is 4.74 Å². The number of carbonyl (C=O) groups excluding carboxylic acids is 1. The minimum Gasteiger partial charge on any atom is -0.508 e. The summed E-state index contributed by atoms with van der Waals surface area (Å²) in [5.74, 6) is 0.737. The zero-order valence-corrected chi connectivity index (χ0v) is 15.2. The first-order valence-corrected chi connectivity index (χ1v) is 8.78. The van der Waals surface area contributed by atoms with Gasteiger partial charge in [-0.2, -0.15) is 0 Å². The van der Waals surface area contributed by atoms with Gasteiger partial charge in [0.2, 0.25) is 0 Å². The number of hydrogen-bond acceptors (Lipinski definition) is 4. The van der Waals surface area contributed by atoms with Crippen molar-refractivity contribution >= 4 is 6.09 Å². The fraction of sp³-hybridized carbons (Fsp3) is 0.632. The largest absolute Gasteiger partial charge is 0.508 e. The second-order valence-electron chi connectivity index (χ2n) is 7.54. The van der Waals surface area contributed by atoms with E-state index in [0.29, 0.717) is 5.92 Å². The van der Waals surface area contributed by atoms with E-state index >= 15 is 0 Å². The van der Waals surface area contributed by atoms with E-state index in [-0.39, 0.29) is 17.9 Å². The number of nitrogens with one attached hydrogen (secondary N) is 1. The van der Waals surface area contributed by atoms with Gasteiger partial charge >= 0.3 is 6.09 Å². The highest BCUT2D eigenvalue weighted by atomic mass is 16.6. The van der Waals surface area contributed by atoms with Gasteiger partial charge in [-0.3, -0.25) is 0 Å². The third kappa shape index (κ3) is 5.41. The Balaban J connectivity index is 1.82. The topological polar surface area (TPSA) is 61.8 Å². The van der Waals surface area contributed by atoms with Gasteiger partial charge < -0.3 is 20.1 Å². The third-order valence-corrected chi connectivity index (χ3v) is 4.29. The van der Waals surface area contributed by atoms with Crippen LogP contribution in [0.25, 0.3) is 0 Å². The molecular weight excluding hydrogens is 304 g/mol. The molecule has 2 unspecified atom stereocenters. The predicted octanol–water partition coefficient (Wildman–Crippen LogP) is 3.69. The van der Waals surface area contributed by atoms with Gasteiger partial charge in [0.15, 0.2) is 0 Å². The number of phenolic OH excluding ortho intramolecular Hbond substituents is 1. The molecule has 1 aromatic rings. The van der Waals surface area contributed by atoms with Gasteiger partial charge in [0, 0.05) is 25.7 Å². The first-order valence-electron chi connectivity index (χ1n) is 8.78. The zero-order chi connectivity index (χ0) is 17.7. The van der Waals surface area contributed by atoms with Gasteiger partial charge in [-0.25, -0.2) is 4.79 Å². The molecule has 0 bridgehead atoms. The van der Waals surface area contributed by atoms with Crippen molar-refractivity contribution in [3.05, 3.63) is 29.8 Å². The summed E-state index contributed by atoms with van der Waals surface area (Å²) in [6, 6.07) is 7.62. The van der Waals surface area contributed by atoms with E-state index in [4.69, 9.17) is 4.74 Å². The molecule has 24 heavy (non-hydrogen) atoms. The van der Waals surface area contributed by atoms with Crippen LogP contribution >= 0.6 is 0 Å². The molecule has 0 spiro atoms. The molecule has 5 nitrogen and oxygen atoms in total. The molecule has 0 radical (unpaired) electrons. The monoisotopic (exact) mass is 334 g/mol. The quantitative estimate of drug-likeness (QED) is 0.862. The molecule has 1 heterocycles. The average Bonchev–Trinajstić information content (AvgIpc) is 2.97. The normalized spacial score (nSPS) is 19.3. The number of ether oxygens (including phenoxy) is 1. The number of rotatable bonds is 5. The molecule has 2 atom stereocenters. The molecule has 0 aromatic heterocycles. The van der Waals surface area contributed by atoms with Crippen LogP contribution < -0.4 is 5.32 Å². The van der Waals surface area contributed by atoms with Gasteiger partial charge in [0.25, 0.3) is 0 Å². The summed E-state index contributed by atoms with van der Waals surface area (Å²) in [5.41, 5.74) is 0.733. The lowest BCUT2D eigenvalue weighted by atomic mass is 10.0. The van der Waals surface area contributed by atoms with E-state index < -0.39 is 5.60 Å². The highest BCUT2D eigenvalue weighted by Crippen LogP contribution is 2.22. The van der Waals surface area contributed by atoms with Crippen molar-refractivity contribution in [2.75, 3.05) is 19.6 Å². The molecule has 1 aliphatic heterocycles. The Bertz CT molecular complexity index is 537. The lowest BCUT2D eigenvalue weighted by Crippen LogP contribution is -2.36. The molecule has 0 saturated carbocycles. The Kier molecular flexibility index (Phi) is 6.10. The van der Waals surface area contributed by atoms with E-state index in [9.17, 15) is 9.90 Å². The number of nitrogens with zero attached hydrogens (tertiary/aromatic N) is 1. The SMILES string of the molecule is CCC(NCC1CCN(C(=O)OC(C)(C)C)C1)c1ccc(O)cc1. The standard InChI is InChI=1S/C19H30N2O3/c1-5-17(15-6-8-16(22)9-7-15)20-12-14-10-11-21(13-14)18(23)24-19(2,3)4/h6-9,14,17,20,22H,5,10-13H2,1-4H3. The number of hydrogen-bond donors (Lipinski definition) is 2. The van der Waals surface area contributed by atoms with Crippen LogP contribution in [0.5, 0.6) is 5.75 Å². The van der Waals surface area contributed by atoms with Gasteiger partial charge in [-0.05, 0) is 57.2 Å². The van der Waals surface area contributed by atoms with Crippen LogP contribution in [0.4, 0.5) is 4.79 Å². The molecule has 5 heteroatoms. The second kappa shape index (κ2) is 7.88. The number of amides is 1. The summed E-state index contributed by atoms with van der Waals surface area (Å²) in [7, 11) is 0. The maximum atomic E-state index is 12.1. The van der Waals surface area contributed by atoms with Gasteiger partial charge in [-0.15, -0.1) is 0 Å². The van der Waals surface area contributed by atoms with Gasteiger partial charge in [0.05, 0.1) is 0 Å². The zero-order valence-electron chi connectivity index (χ0n) is 15.2. The van der Waals surface area contributed by atoms with E-state index in [1.54, 1.807) is 17.0 Å². The van der Waals surface area contributed by atoms with Crippen LogP contribution in [0.15, 0.2) is 24.3 Å². The number of carbonyl (C=O) groups is 1. The van der Waals surface area contributed by atoms with Gasteiger partial charge in [-0.1, -0.05) is 19.1 Å². The van der Waals surface area contributed by atoms with Crippen molar-refractivity contribution in [2.24, 2.45) is 5.92 Å². The molecule has 2 N–H and O–H groups in total. The summed E-state index contributed by atoms with van der Waals surface area (Å²) in [6.45, 7) is 10.2. The first-order chi connectivity index (χ1) is 11.3. The fourth-order valence-electron chi connectivity index (χ4n) is 3.01. The third-order valence-electron chi connectivity index (χ3n) is 4.29. The molecule has 2 rings (SSSR count). The van der Waals surface area contributed by atoms with Crippen molar-refractivity contribution in [3.63, 3.8) is 0 Å². The molecule has 134 valence electrons. The molecular formula is C19H30N2O3. The van der Waals surface area contributed by atoms with Crippen molar-refractivity contribution in [1.29, 1.82) is 0 Å². The lowest BCUT2D eigenvalue weighted by Gasteiger charge is -2.25. The maximum Gasteiger partial charge on any atom is 0.410 e. The smallest absolute Gasteiger partial charge is 0.410 e. The number of benzene rings is 1. The van der Waals surface area contributed by atoms with E-state index in [2.05, 4.69) is 12.2 Å². The van der Waals surface area contributed by atoms with E-state index in [0.717, 1.165) is 32.5 Å². The second-order valence-corrected chi connectivity index (χ2v) is 7.54. The van der Waals surface area contributed by atoms with Crippen molar-refractivity contribution in [1.82, 2.24) is 10.2 Å². The number of aromatic hydroxyl groups is 1. The predicted molar refractivity (Wildman–Crippen MR) is 95.1 cm³/mol. The summed E-state index contributed by atoms with van der Waals surface area (Å²) >= 11 is 0. The summed E-state index contributed by atoms with van der Waals surface area (Å²) < 4.78 is 5.44. The van der Waals surface area contributed by atoms with Crippen LogP contribution in [0.3, 0.4) is 0 Å². The molecule has 1 saturated heterocycles. The van der Waals surface area contributed by atoms with Crippen molar-refractivity contribution in [2.45, 2.75) is 52.2 Å². The Labute approximate surface area is 145 Å². The summed E-state index contributed by atoms with van der Waals surface area (Å²) in [4.78, 5) is 13.9. The van der Waals surface area contributed by atoms with E-state index in [1.807, 2.05) is 32.9 Å². The van der Waals surface area contributed by atoms with Crippen molar-refractivity contribution < 1.29 is 14.6 Å². The Morgan fingerprint density at radius 3 is 2.62 bits per heavy atom. The highest BCUT2D eigenvalue weighted by Gasteiger charge is 2.29. The van der Waals surface area contributed by atoms with Crippen molar-refractivity contribution in [3.8, 4) is 5.75 Å².